The predicted octanol–water partition coefficient (Wildman–Crippen LogP) is 4.19. The van der Waals surface area contributed by atoms with Gasteiger partial charge in [0.05, 0.1) is 5.56 Å². The number of rotatable bonds is 6. The van der Waals surface area contributed by atoms with Gasteiger partial charge in [-0.2, -0.15) is 5.26 Å². The molecule has 26 heavy (non-hydrogen) atoms. The Kier molecular flexibility index (Phi) is 5.83. The molecule has 1 atom stereocenters. The molecule has 2 aromatic rings. The van der Waals surface area contributed by atoms with E-state index in [0.717, 1.165) is 0 Å². The van der Waals surface area contributed by atoms with Crippen LogP contribution in [0.15, 0.2) is 28.7 Å². The highest BCUT2D eigenvalue weighted by Gasteiger charge is 2.24. The van der Waals surface area contributed by atoms with Crippen LogP contribution in [0.3, 0.4) is 0 Å². The van der Waals surface area contributed by atoms with Crippen molar-refractivity contribution in [2.24, 2.45) is 0 Å². The zero-order chi connectivity index (χ0) is 19.4. The zero-order valence-electron chi connectivity index (χ0n) is 15.5. The molecule has 0 spiro atoms. The normalized spacial score (nSPS) is 11.7. The summed E-state index contributed by atoms with van der Waals surface area (Å²) in [5.41, 5.74) is 1.38. The minimum Gasteiger partial charge on any atom is -0.481 e. The number of ether oxygens (including phenoxy) is 1. The third-order valence-electron chi connectivity index (χ3n) is 4.01. The van der Waals surface area contributed by atoms with E-state index < -0.39 is 12.0 Å². The maximum Gasteiger partial charge on any atom is 0.267 e. The van der Waals surface area contributed by atoms with Gasteiger partial charge < -0.3 is 9.15 Å². The van der Waals surface area contributed by atoms with Crippen molar-refractivity contribution in [2.75, 3.05) is 5.32 Å². The van der Waals surface area contributed by atoms with Gasteiger partial charge in [-0.3, -0.25) is 14.9 Å². The third kappa shape index (κ3) is 4.12. The van der Waals surface area contributed by atoms with Gasteiger partial charge >= 0.3 is 0 Å². The van der Waals surface area contributed by atoms with Gasteiger partial charge in [0, 0.05) is 0 Å². The Morgan fingerprint density at radius 3 is 2.31 bits per heavy atom. The van der Waals surface area contributed by atoms with E-state index in [9.17, 15) is 14.9 Å². The minimum atomic E-state index is -0.808. The van der Waals surface area contributed by atoms with Crippen molar-refractivity contribution < 1.29 is 18.7 Å². The molecule has 0 aliphatic rings. The maximum atomic E-state index is 12.4. The van der Waals surface area contributed by atoms with Gasteiger partial charge in [0.15, 0.2) is 11.9 Å². The Morgan fingerprint density at radius 2 is 1.81 bits per heavy atom. The number of anilines is 1. The van der Waals surface area contributed by atoms with Crippen molar-refractivity contribution in [3.05, 3.63) is 46.7 Å². The van der Waals surface area contributed by atoms with Gasteiger partial charge in [-0.05, 0) is 44.4 Å². The Hall–Kier alpha value is -3.07. The third-order valence-corrected chi connectivity index (χ3v) is 4.01. The Balaban J connectivity index is 2.11. The number of nitrogens with one attached hydrogen (secondary N) is 1. The van der Waals surface area contributed by atoms with Crippen LogP contribution >= 0.6 is 0 Å². The van der Waals surface area contributed by atoms with Crippen molar-refractivity contribution >= 4 is 17.6 Å². The summed E-state index contributed by atoms with van der Waals surface area (Å²) in [5, 5.41) is 11.8. The molecule has 0 bridgehead atoms. The van der Waals surface area contributed by atoms with Gasteiger partial charge in [0.25, 0.3) is 5.91 Å². The number of carbonyl (C=O) groups is 2. The van der Waals surface area contributed by atoms with Crippen LogP contribution in [0.1, 0.15) is 60.9 Å². The first-order chi connectivity index (χ1) is 12.2. The fourth-order valence-electron chi connectivity index (χ4n) is 2.57. The fourth-order valence-corrected chi connectivity index (χ4v) is 2.57. The van der Waals surface area contributed by atoms with Crippen LogP contribution in [-0.2, 0) is 4.79 Å². The number of hydrogen-bond acceptors (Lipinski definition) is 5. The van der Waals surface area contributed by atoms with Crippen LogP contribution in [0, 0.1) is 18.3 Å². The molecule has 1 amide bonds. The fraction of sp³-hybridized carbons (Fsp3) is 0.350. The lowest BCUT2D eigenvalue weighted by Crippen LogP contribution is -2.30. The number of furan rings is 1. The Bertz CT molecular complexity index is 857. The summed E-state index contributed by atoms with van der Waals surface area (Å²) in [7, 11) is 0. The lowest BCUT2D eigenvalue weighted by atomic mass is 10.0. The van der Waals surface area contributed by atoms with E-state index in [4.69, 9.17) is 9.15 Å². The molecule has 2 rings (SSSR count). The van der Waals surface area contributed by atoms with E-state index in [1.807, 2.05) is 30.3 Å². The molecule has 1 unspecified atom stereocenters. The lowest BCUT2D eigenvalue weighted by Gasteiger charge is -2.14. The number of Topliss-reactive ketones (excluding diaryl/α,β-unsaturated/α-hetero) is 1. The van der Waals surface area contributed by atoms with Crippen LogP contribution in [-0.4, -0.2) is 17.8 Å². The molecule has 1 N–H and O–H groups in total. The largest absolute Gasteiger partial charge is 0.481 e. The average molecular weight is 354 g/mol. The van der Waals surface area contributed by atoms with Crippen molar-refractivity contribution in [1.29, 1.82) is 5.26 Å². The number of hydrogen-bond donors (Lipinski definition) is 1. The summed E-state index contributed by atoms with van der Waals surface area (Å²) in [5.74, 6) is 0.466. The quantitative estimate of drug-likeness (QED) is 0.785. The number of nitrogens with zero attached hydrogens (tertiary/aromatic N) is 1. The van der Waals surface area contributed by atoms with E-state index >= 15 is 0 Å². The monoisotopic (exact) mass is 354 g/mol. The van der Waals surface area contributed by atoms with Crippen LogP contribution in [0.25, 0.3) is 0 Å². The van der Waals surface area contributed by atoms with Crippen molar-refractivity contribution in [3.63, 3.8) is 0 Å². The number of aryl methyl sites for hydroxylation is 1. The molecule has 0 fully saturated rings. The maximum absolute atomic E-state index is 12.4. The van der Waals surface area contributed by atoms with E-state index in [-0.39, 0.29) is 22.8 Å². The second kappa shape index (κ2) is 7.87. The van der Waals surface area contributed by atoms with E-state index in [0.29, 0.717) is 17.4 Å². The molecule has 6 nitrogen and oxygen atoms in total. The summed E-state index contributed by atoms with van der Waals surface area (Å²) in [4.78, 5) is 24.0. The van der Waals surface area contributed by atoms with E-state index in [1.165, 1.54) is 12.5 Å². The molecule has 0 saturated heterocycles. The number of ketones is 1. The van der Waals surface area contributed by atoms with Crippen LogP contribution in [0.2, 0.25) is 0 Å². The molecule has 0 radical (unpaired) electrons. The second-order valence-corrected chi connectivity index (χ2v) is 6.38. The van der Waals surface area contributed by atoms with Crippen LogP contribution in [0.4, 0.5) is 5.88 Å². The number of carbonyl (C=O) groups excluding carboxylic acids is 2. The van der Waals surface area contributed by atoms with Gasteiger partial charge in [-0.1, -0.05) is 26.0 Å². The number of amides is 1. The van der Waals surface area contributed by atoms with Gasteiger partial charge in [0.1, 0.15) is 23.1 Å². The highest BCUT2D eigenvalue weighted by Crippen LogP contribution is 2.27. The molecule has 6 heteroatoms. The number of nitriles is 1. The summed E-state index contributed by atoms with van der Waals surface area (Å²) in [6.07, 6.45) is -0.808. The van der Waals surface area contributed by atoms with Crippen LogP contribution < -0.4 is 10.1 Å². The van der Waals surface area contributed by atoms with Gasteiger partial charge in [-0.15, -0.1) is 0 Å². The lowest BCUT2D eigenvalue weighted by molar-refractivity contribution is -0.122. The SMILES string of the molecule is CC(=O)c1c(C)oc(NC(=O)C(C)Oc2ccc(C(C)C)cc2)c1C#N. The second-order valence-electron chi connectivity index (χ2n) is 6.38. The molecule has 1 aromatic heterocycles. The predicted molar refractivity (Wildman–Crippen MR) is 97.4 cm³/mol. The molecular formula is C20H22N2O4. The molecule has 1 heterocycles. The van der Waals surface area contributed by atoms with E-state index in [2.05, 4.69) is 19.2 Å². The molecule has 0 saturated carbocycles. The van der Waals surface area contributed by atoms with Crippen LogP contribution in [0.5, 0.6) is 5.75 Å². The molecular weight excluding hydrogens is 332 g/mol. The average Bonchev–Trinajstić information content (AvgIpc) is 2.90. The standard InChI is InChI=1S/C20H22N2O4/c1-11(2)15-6-8-16(9-7-15)25-14(5)19(24)22-20-17(10-21)18(12(3)23)13(4)26-20/h6-9,11,14H,1-5H3,(H,22,24). The minimum absolute atomic E-state index is 0.0248. The molecule has 1 aromatic carbocycles. The Morgan fingerprint density at radius 1 is 1.19 bits per heavy atom. The first kappa shape index (κ1) is 19.3. The summed E-state index contributed by atoms with van der Waals surface area (Å²) in [6, 6.07) is 9.43. The van der Waals surface area contributed by atoms with Crippen molar-refractivity contribution in [1.82, 2.24) is 0 Å². The van der Waals surface area contributed by atoms with Crippen molar-refractivity contribution in [2.45, 2.75) is 46.6 Å². The Labute approximate surface area is 152 Å². The smallest absolute Gasteiger partial charge is 0.267 e. The first-order valence-electron chi connectivity index (χ1n) is 8.36. The number of benzene rings is 1. The van der Waals surface area contributed by atoms with Gasteiger partial charge in [-0.25, -0.2) is 0 Å². The van der Waals surface area contributed by atoms with E-state index in [1.54, 1.807) is 13.8 Å². The summed E-state index contributed by atoms with van der Waals surface area (Å²) < 4.78 is 11.0. The highest BCUT2D eigenvalue weighted by atomic mass is 16.5. The van der Waals surface area contributed by atoms with Gasteiger partial charge in [0.2, 0.25) is 5.88 Å². The highest BCUT2D eigenvalue weighted by molar-refractivity contribution is 6.01. The molecule has 0 aliphatic heterocycles. The topological polar surface area (TPSA) is 92.3 Å². The zero-order valence-corrected chi connectivity index (χ0v) is 15.5. The van der Waals surface area contributed by atoms with Crippen molar-refractivity contribution in [3.8, 4) is 11.8 Å². The first-order valence-corrected chi connectivity index (χ1v) is 8.36. The molecule has 136 valence electrons. The summed E-state index contributed by atoms with van der Waals surface area (Å²) in [6.45, 7) is 8.71. The summed E-state index contributed by atoms with van der Waals surface area (Å²) >= 11 is 0. The molecule has 0 aliphatic carbocycles.